The number of amides is 4. The number of hydrogen-bond acceptors (Lipinski definition) is 7. The predicted molar refractivity (Wildman–Crippen MR) is 118 cm³/mol. The van der Waals surface area contributed by atoms with E-state index in [4.69, 9.17) is 11.5 Å². The van der Waals surface area contributed by atoms with Gasteiger partial charge in [0.15, 0.2) is 0 Å². The van der Waals surface area contributed by atoms with E-state index in [9.17, 15) is 34.2 Å². The highest BCUT2D eigenvalue weighted by Crippen LogP contribution is 2.12. The largest absolute Gasteiger partial charge is 0.508 e. The van der Waals surface area contributed by atoms with Crippen LogP contribution >= 0.6 is 0 Å². The van der Waals surface area contributed by atoms with E-state index >= 15 is 0 Å². The third-order valence-corrected chi connectivity index (χ3v) is 4.53. The van der Waals surface area contributed by atoms with Crippen LogP contribution in [0.5, 0.6) is 5.75 Å². The van der Waals surface area contributed by atoms with Crippen molar-refractivity contribution in [3.05, 3.63) is 29.8 Å². The molecule has 12 nitrogen and oxygen atoms in total. The van der Waals surface area contributed by atoms with Crippen molar-refractivity contribution < 1.29 is 34.2 Å². The van der Waals surface area contributed by atoms with Crippen LogP contribution in [0.2, 0.25) is 0 Å². The summed E-state index contributed by atoms with van der Waals surface area (Å²) in [6.45, 7) is 3.10. The highest BCUT2D eigenvalue weighted by molar-refractivity contribution is 5.94. The van der Waals surface area contributed by atoms with Gasteiger partial charge in [0.05, 0.1) is 19.0 Å². The van der Waals surface area contributed by atoms with Crippen LogP contribution in [-0.2, 0) is 30.4 Å². The van der Waals surface area contributed by atoms with Crippen molar-refractivity contribution >= 4 is 29.6 Å². The summed E-state index contributed by atoms with van der Waals surface area (Å²) >= 11 is 0. The number of rotatable bonds is 13. The van der Waals surface area contributed by atoms with Crippen molar-refractivity contribution in [2.75, 3.05) is 6.54 Å². The molecule has 3 atom stereocenters. The number of carbonyl (C=O) groups is 5. The number of carboxylic acids is 1. The first-order chi connectivity index (χ1) is 15.4. The topological polar surface area (TPSA) is 214 Å². The van der Waals surface area contributed by atoms with Gasteiger partial charge in [-0.2, -0.15) is 0 Å². The summed E-state index contributed by atoms with van der Waals surface area (Å²) in [4.78, 5) is 59.4. The second kappa shape index (κ2) is 13.0. The Bertz CT molecular complexity index is 857. The van der Waals surface area contributed by atoms with Crippen molar-refractivity contribution in [3.8, 4) is 5.75 Å². The summed E-state index contributed by atoms with van der Waals surface area (Å²) < 4.78 is 0. The van der Waals surface area contributed by atoms with Crippen LogP contribution in [0.1, 0.15) is 32.3 Å². The van der Waals surface area contributed by atoms with Crippen LogP contribution in [0.25, 0.3) is 0 Å². The summed E-state index contributed by atoms with van der Waals surface area (Å²) in [5.74, 6) is -4.17. The van der Waals surface area contributed by atoms with Gasteiger partial charge >= 0.3 is 5.97 Å². The molecule has 0 radical (unpaired) electrons. The number of benzene rings is 1. The van der Waals surface area contributed by atoms with Gasteiger partial charge < -0.3 is 37.6 Å². The number of nitrogens with two attached hydrogens (primary N) is 2. The third kappa shape index (κ3) is 10.5. The fourth-order valence-corrected chi connectivity index (χ4v) is 2.89. The predicted octanol–water partition coefficient (Wildman–Crippen LogP) is -1.65. The number of phenols is 1. The number of carboxylic acid groups (broad SMARTS) is 1. The van der Waals surface area contributed by atoms with Gasteiger partial charge in [0.2, 0.25) is 23.6 Å². The van der Waals surface area contributed by atoms with Crippen LogP contribution < -0.4 is 27.4 Å². The second-order valence-electron chi connectivity index (χ2n) is 8.01. The van der Waals surface area contributed by atoms with Crippen LogP contribution in [0.3, 0.4) is 0 Å². The molecule has 0 saturated carbocycles. The van der Waals surface area contributed by atoms with E-state index in [-0.39, 0.29) is 24.5 Å². The summed E-state index contributed by atoms with van der Waals surface area (Å²) in [5.41, 5.74) is 11.3. The Morgan fingerprint density at radius 1 is 0.970 bits per heavy atom. The lowest BCUT2D eigenvalue weighted by molar-refractivity contribution is -0.142. The average molecular weight is 466 g/mol. The lowest BCUT2D eigenvalue weighted by atomic mass is 10.0. The molecule has 0 aliphatic heterocycles. The standard InChI is InChI=1S/C21H31N5O7/c1-11(2)7-16(21(32)33)25-18(29)10-24-20(31)15(8-12-3-5-13(27)6-4-12)26-19(30)14(22)9-17(23)28/h3-6,11,14-16,27H,7-10,22H2,1-2H3,(H2,23,28)(H,24,31)(H,25,29)(H,26,30)(H,32,33). The Morgan fingerprint density at radius 2 is 1.58 bits per heavy atom. The molecule has 0 saturated heterocycles. The van der Waals surface area contributed by atoms with Crippen molar-refractivity contribution in [1.82, 2.24) is 16.0 Å². The molecular formula is C21H31N5O7. The maximum atomic E-state index is 12.7. The highest BCUT2D eigenvalue weighted by Gasteiger charge is 2.26. The SMILES string of the molecule is CC(C)CC(NC(=O)CNC(=O)C(Cc1ccc(O)cc1)NC(=O)C(N)CC(N)=O)C(=O)O. The summed E-state index contributed by atoms with van der Waals surface area (Å²) in [6, 6.07) is 2.35. The molecule has 0 fully saturated rings. The van der Waals surface area contributed by atoms with E-state index in [2.05, 4.69) is 16.0 Å². The zero-order valence-electron chi connectivity index (χ0n) is 18.5. The normalized spacial score (nSPS) is 13.5. The minimum absolute atomic E-state index is 0.00609. The maximum absolute atomic E-state index is 12.7. The smallest absolute Gasteiger partial charge is 0.326 e. The fourth-order valence-electron chi connectivity index (χ4n) is 2.89. The summed E-state index contributed by atoms with van der Waals surface area (Å²) in [5, 5.41) is 25.8. The Hall–Kier alpha value is -3.67. The number of nitrogens with one attached hydrogen (secondary N) is 3. The number of hydrogen-bond donors (Lipinski definition) is 7. The van der Waals surface area contributed by atoms with Crippen molar-refractivity contribution in [2.24, 2.45) is 17.4 Å². The maximum Gasteiger partial charge on any atom is 0.326 e. The summed E-state index contributed by atoms with van der Waals surface area (Å²) in [7, 11) is 0. The lowest BCUT2D eigenvalue weighted by Crippen LogP contribution is -2.54. The van der Waals surface area contributed by atoms with Crippen LogP contribution in [0.4, 0.5) is 0 Å². The van der Waals surface area contributed by atoms with Gasteiger partial charge in [-0.25, -0.2) is 4.79 Å². The van der Waals surface area contributed by atoms with Gasteiger partial charge in [-0.05, 0) is 30.0 Å². The van der Waals surface area contributed by atoms with Gasteiger partial charge in [-0.15, -0.1) is 0 Å². The monoisotopic (exact) mass is 465 g/mol. The van der Waals surface area contributed by atoms with Gasteiger partial charge in [0.1, 0.15) is 17.8 Å². The second-order valence-corrected chi connectivity index (χ2v) is 8.01. The summed E-state index contributed by atoms with van der Waals surface area (Å²) in [6.07, 6.45) is -0.214. The molecule has 1 aromatic carbocycles. The molecule has 0 bridgehead atoms. The van der Waals surface area contributed by atoms with Gasteiger partial charge in [-0.1, -0.05) is 26.0 Å². The van der Waals surface area contributed by atoms with E-state index in [0.717, 1.165) is 0 Å². The third-order valence-electron chi connectivity index (χ3n) is 4.53. The first kappa shape index (κ1) is 27.4. The van der Waals surface area contributed by atoms with Crippen molar-refractivity contribution in [3.63, 3.8) is 0 Å². The zero-order valence-corrected chi connectivity index (χ0v) is 18.5. The van der Waals surface area contributed by atoms with Gasteiger partial charge in [0, 0.05) is 6.42 Å². The van der Waals surface area contributed by atoms with Crippen LogP contribution in [0.15, 0.2) is 24.3 Å². The molecule has 0 aliphatic rings. The Labute approximate surface area is 191 Å². The Balaban J connectivity index is 2.84. The minimum Gasteiger partial charge on any atom is -0.508 e. The molecule has 1 aromatic rings. The molecule has 0 spiro atoms. The molecule has 182 valence electrons. The molecule has 3 unspecified atom stereocenters. The van der Waals surface area contributed by atoms with E-state index in [1.807, 2.05) is 13.8 Å². The highest BCUT2D eigenvalue weighted by atomic mass is 16.4. The van der Waals surface area contributed by atoms with Crippen LogP contribution in [0, 0.1) is 5.92 Å². The zero-order chi connectivity index (χ0) is 25.1. The molecule has 0 heterocycles. The van der Waals surface area contributed by atoms with Crippen molar-refractivity contribution in [2.45, 2.75) is 51.2 Å². The molecule has 33 heavy (non-hydrogen) atoms. The van der Waals surface area contributed by atoms with Crippen LogP contribution in [-0.4, -0.2) is 64.5 Å². The van der Waals surface area contributed by atoms with Gasteiger partial charge in [-0.3, -0.25) is 19.2 Å². The molecule has 0 aromatic heterocycles. The van der Waals surface area contributed by atoms with E-state index in [1.54, 1.807) is 12.1 Å². The van der Waals surface area contributed by atoms with Gasteiger partial charge in [0.25, 0.3) is 0 Å². The Kier molecular flexibility index (Phi) is 10.8. The molecule has 0 aliphatic carbocycles. The molecule has 1 rings (SSSR count). The number of aliphatic carboxylic acids is 1. The number of carbonyl (C=O) groups excluding carboxylic acids is 4. The van der Waals surface area contributed by atoms with E-state index < -0.39 is 60.7 Å². The Morgan fingerprint density at radius 3 is 2.09 bits per heavy atom. The first-order valence-electron chi connectivity index (χ1n) is 10.3. The number of primary amides is 1. The van der Waals surface area contributed by atoms with E-state index in [1.165, 1.54) is 12.1 Å². The van der Waals surface area contributed by atoms with E-state index in [0.29, 0.717) is 5.56 Å². The number of phenolic OH excluding ortho intramolecular Hbond substituents is 1. The van der Waals surface area contributed by atoms with Crippen molar-refractivity contribution in [1.29, 1.82) is 0 Å². The quantitative estimate of drug-likeness (QED) is 0.179. The molecule has 12 heteroatoms. The molecule has 4 amide bonds. The first-order valence-corrected chi connectivity index (χ1v) is 10.3. The number of aromatic hydroxyl groups is 1. The minimum atomic E-state index is -1.27. The average Bonchev–Trinajstić information content (AvgIpc) is 2.71. The lowest BCUT2D eigenvalue weighted by Gasteiger charge is -2.21. The molecular weight excluding hydrogens is 434 g/mol. The fraction of sp³-hybridized carbons (Fsp3) is 0.476. The molecule has 9 N–H and O–H groups in total.